The number of likely N-dealkylation sites (tertiary alicyclic amines) is 1. The molecule has 1 unspecified atom stereocenters. The highest BCUT2D eigenvalue weighted by Crippen LogP contribution is 2.22. The van der Waals surface area contributed by atoms with Crippen molar-refractivity contribution < 1.29 is 4.79 Å². The molecule has 2 aromatic rings. The van der Waals surface area contributed by atoms with Gasteiger partial charge in [-0.25, -0.2) is 0 Å². The minimum Gasteiger partial charge on any atom is -0.356 e. The van der Waals surface area contributed by atoms with Crippen molar-refractivity contribution >= 4 is 11.9 Å². The van der Waals surface area contributed by atoms with Crippen LogP contribution in [0.25, 0.3) is 0 Å². The van der Waals surface area contributed by atoms with Gasteiger partial charge < -0.3 is 15.5 Å². The molecule has 2 aromatic carbocycles. The number of carbonyl (C=O) groups is 1. The summed E-state index contributed by atoms with van der Waals surface area (Å²) in [5.41, 5.74) is 4.13. The number of rotatable bonds is 8. The minimum atomic E-state index is 0.182. The van der Waals surface area contributed by atoms with Crippen molar-refractivity contribution in [2.24, 2.45) is 10.9 Å². The summed E-state index contributed by atoms with van der Waals surface area (Å²) >= 11 is 0. The summed E-state index contributed by atoms with van der Waals surface area (Å²) in [7, 11) is 1.79. The van der Waals surface area contributed by atoms with Crippen molar-refractivity contribution in [3.63, 3.8) is 0 Å². The van der Waals surface area contributed by atoms with Crippen LogP contribution in [0.4, 0.5) is 0 Å². The van der Waals surface area contributed by atoms with Crippen LogP contribution in [0.1, 0.15) is 43.9 Å². The van der Waals surface area contributed by atoms with Gasteiger partial charge in [-0.1, -0.05) is 75.4 Å². The summed E-state index contributed by atoms with van der Waals surface area (Å²) < 4.78 is 0. The lowest BCUT2D eigenvalue weighted by Gasteiger charge is -2.19. The zero-order valence-corrected chi connectivity index (χ0v) is 20.0. The Hall–Kier alpha value is -2.82. The molecule has 0 saturated carbocycles. The van der Waals surface area contributed by atoms with Gasteiger partial charge in [-0.2, -0.15) is 0 Å². The molecule has 0 bridgehead atoms. The Morgan fingerprint density at radius 1 is 1.00 bits per heavy atom. The summed E-state index contributed by atoms with van der Waals surface area (Å²) in [6.45, 7) is 9.89. The van der Waals surface area contributed by atoms with Gasteiger partial charge in [-0.05, 0) is 34.9 Å². The highest BCUT2D eigenvalue weighted by molar-refractivity contribution is 5.80. The molecule has 5 nitrogen and oxygen atoms in total. The third kappa shape index (κ3) is 7.11. The smallest absolute Gasteiger partial charge is 0.223 e. The molecular weight excluding hydrogens is 396 g/mol. The zero-order chi connectivity index (χ0) is 23.0. The van der Waals surface area contributed by atoms with Crippen molar-refractivity contribution in [3.05, 3.63) is 71.3 Å². The Labute approximate surface area is 193 Å². The Kier molecular flexibility index (Phi) is 8.32. The molecule has 0 radical (unpaired) electrons. The van der Waals surface area contributed by atoms with Gasteiger partial charge in [0.25, 0.3) is 0 Å². The molecule has 1 aliphatic heterocycles. The van der Waals surface area contributed by atoms with Crippen molar-refractivity contribution in [1.82, 2.24) is 15.5 Å². The third-order valence-electron chi connectivity index (χ3n) is 6.12. The molecule has 5 heteroatoms. The van der Waals surface area contributed by atoms with E-state index >= 15 is 0 Å². The summed E-state index contributed by atoms with van der Waals surface area (Å²) in [5, 5.41) is 6.80. The normalized spacial score (nSPS) is 17.0. The Morgan fingerprint density at radius 2 is 1.69 bits per heavy atom. The fraction of sp³-hybridized carbons (Fsp3) is 0.481. The van der Waals surface area contributed by atoms with E-state index in [1.165, 1.54) is 16.7 Å². The lowest BCUT2D eigenvalue weighted by Crippen LogP contribution is -2.41. The Balaban J connectivity index is 1.37. The minimum absolute atomic E-state index is 0.182. The molecule has 0 aromatic heterocycles. The number of nitrogens with zero attached hydrogens (tertiary/aromatic N) is 2. The first-order valence-electron chi connectivity index (χ1n) is 11.7. The fourth-order valence-corrected chi connectivity index (χ4v) is 4.07. The topological polar surface area (TPSA) is 56.7 Å². The van der Waals surface area contributed by atoms with Gasteiger partial charge in [0, 0.05) is 45.6 Å². The highest BCUT2D eigenvalue weighted by Gasteiger charge is 2.29. The van der Waals surface area contributed by atoms with Crippen molar-refractivity contribution in [3.8, 4) is 0 Å². The lowest BCUT2D eigenvalue weighted by atomic mass is 9.86. The van der Waals surface area contributed by atoms with Gasteiger partial charge in [0.15, 0.2) is 5.96 Å². The number of hydrogen-bond acceptors (Lipinski definition) is 2. The summed E-state index contributed by atoms with van der Waals surface area (Å²) in [6, 6.07) is 19.2. The van der Waals surface area contributed by atoms with Gasteiger partial charge >= 0.3 is 0 Å². The SMILES string of the molecule is CN=C(NCCc1ccc(C(C)(C)C)cc1)NCC1CC(=O)N(CCc2ccccc2)C1. The molecule has 1 amide bonds. The first kappa shape index (κ1) is 23.8. The van der Waals surface area contributed by atoms with Gasteiger partial charge in [0.2, 0.25) is 5.91 Å². The van der Waals surface area contributed by atoms with Crippen LogP contribution in [0.15, 0.2) is 59.6 Å². The third-order valence-corrected chi connectivity index (χ3v) is 6.12. The maximum atomic E-state index is 12.4. The molecule has 3 rings (SSSR count). The molecule has 1 saturated heterocycles. The second-order valence-electron chi connectivity index (χ2n) is 9.72. The summed E-state index contributed by atoms with van der Waals surface area (Å²) in [5.74, 6) is 1.38. The average molecular weight is 435 g/mol. The highest BCUT2D eigenvalue weighted by atomic mass is 16.2. The number of hydrogen-bond donors (Lipinski definition) is 2. The second-order valence-corrected chi connectivity index (χ2v) is 9.72. The summed E-state index contributed by atoms with van der Waals surface area (Å²) in [6.07, 6.45) is 2.46. The van der Waals surface area contributed by atoms with Crippen LogP contribution in [-0.2, 0) is 23.1 Å². The van der Waals surface area contributed by atoms with Gasteiger partial charge in [-0.15, -0.1) is 0 Å². The molecule has 1 atom stereocenters. The van der Waals surface area contributed by atoms with E-state index in [2.05, 4.69) is 72.8 Å². The van der Waals surface area contributed by atoms with Crippen LogP contribution >= 0.6 is 0 Å². The van der Waals surface area contributed by atoms with E-state index in [-0.39, 0.29) is 11.3 Å². The lowest BCUT2D eigenvalue weighted by molar-refractivity contribution is -0.127. The van der Waals surface area contributed by atoms with E-state index in [1.54, 1.807) is 7.05 Å². The van der Waals surface area contributed by atoms with Crippen LogP contribution in [0, 0.1) is 5.92 Å². The molecule has 172 valence electrons. The molecule has 1 fully saturated rings. The van der Waals surface area contributed by atoms with Crippen molar-refractivity contribution in [1.29, 1.82) is 0 Å². The van der Waals surface area contributed by atoms with Gasteiger partial charge in [0.1, 0.15) is 0 Å². The standard InChI is InChI=1S/C27H38N4O/c1-27(2,3)24-12-10-22(11-13-24)14-16-29-26(28-4)30-19-23-18-25(32)31(20-23)17-15-21-8-6-5-7-9-21/h5-13,23H,14-20H2,1-4H3,(H2,28,29,30). The first-order valence-corrected chi connectivity index (χ1v) is 11.7. The van der Waals surface area contributed by atoms with Crippen LogP contribution < -0.4 is 10.6 Å². The maximum Gasteiger partial charge on any atom is 0.223 e. The average Bonchev–Trinajstić information content (AvgIpc) is 3.14. The molecular formula is C27H38N4O. The number of amides is 1. The van der Waals surface area contributed by atoms with E-state index in [0.29, 0.717) is 12.3 Å². The number of carbonyl (C=O) groups excluding carboxylic acids is 1. The molecule has 32 heavy (non-hydrogen) atoms. The maximum absolute atomic E-state index is 12.4. The van der Waals surface area contributed by atoms with E-state index in [1.807, 2.05) is 23.1 Å². The van der Waals surface area contributed by atoms with Crippen LogP contribution in [0.2, 0.25) is 0 Å². The second kappa shape index (κ2) is 11.2. The zero-order valence-electron chi connectivity index (χ0n) is 20.0. The first-order chi connectivity index (χ1) is 15.3. The molecule has 1 aliphatic rings. The number of guanidine groups is 1. The Morgan fingerprint density at radius 3 is 2.34 bits per heavy atom. The quantitative estimate of drug-likeness (QED) is 0.491. The molecule has 1 heterocycles. The number of aliphatic imine (C=N–C) groups is 1. The van der Waals surface area contributed by atoms with Crippen LogP contribution in [0.3, 0.4) is 0 Å². The van der Waals surface area contributed by atoms with Crippen LogP contribution in [0.5, 0.6) is 0 Å². The predicted molar refractivity (Wildman–Crippen MR) is 133 cm³/mol. The number of benzene rings is 2. The van der Waals surface area contributed by atoms with E-state index in [9.17, 15) is 4.79 Å². The van der Waals surface area contributed by atoms with E-state index in [4.69, 9.17) is 0 Å². The molecule has 0 spiro atoms. The fourth-order valence-electron chi connectivity index (χ4n) is 4.07. The summed E-state index contributed by atoms with van der Waals surface area (Å²) in [4.78, 5) is 18.7. The van der Waals surface area contributed by atoms with Crippen molar-refractivity contribution in [2.45, 2.75) is 45.4 Å². The van der Waals surface area contributed by atoms with E-state index in [0.717, 1.165) is 45.0 Å². The predicted octanol–water partition coefficient (Wildman–Crippen LogP) is 3.78. The number of nitrogens with one attached hydrogen (secondary N) is 2. The van der Waals surface area contributed by atoms with Crippen molar-refractivity contribution in [2.75, 3.05) is 33.2 Å². The van der Waals surface area contributed by atoms with Crippen LogP contribution in [-0.4, -0.2) is 50.0 Å². The largest absolute Gasteiger partial charge is 0.356 e. The monoisotopic (exact) mass is 434 g/mol. The van der Waals surface area contributed by atoms with Gasteiger partial charge in [-0.3, -0.25) is 9.79 Å². The Bertz CT molecular complexity index is 884. The molecule has 0 aliphatic carbocycles. The van der Waals surface area contributed by atoms with Gasteiger partial charge in [0.05, 0.1) is 0 Å². The molecule has 2 N–H and O–H groups in total. The van der Waals surface area contributed by atoms with E-state index < -0.39 is 0 Å².